The number of carbonyl (C=O) groups is 2. The normalized spacial score (nSPS) is 10.4. The van der Waals surface area contributed by atoms with Gasteiger partial charge in [-0.25, -0.2) is 0 Å². The Hall–Kier alpha value is -2.34. The van der Waals surface area contributed by atoms with Gasteiger partial charge in [0.2, 0.25) is 5.91 Å². The standard InChI is InChI=1S/C24H32BrN3O2.C2H6/c1-5-9-13-26-21(29)16-28-20-15-18(24(30)27-14-10-6-2)11-12-19(20)22(23(28)25)17(7-3)8-4;1-2/h5-6,11-12,15,17H,1-2,7-10,13-14,16H2,3-4H3,(H,26,29)(H,27,30);1-2H3. The third-order valence-electron chi connectivity index (χ3n) is 5.30. The number of carbonyl (C=O) groups excluding carboxylic acids is 2. The van der Waals surface area contributed by atoms with Gasteiger partial charge in [-0.15, -0.1) is 13.2 Å². The molecule has 0 aliphatic carbocycles. The number of halogens is 1. The van der Waals surface area contributed by atoms with Gasteiger partial charge in [-0.1, -0.05) is 45.9 Å². The van der Waals surface area contributed by atoms with Gasteiger partial charge in [0.05, 0.1) is 10.1 Å². The minimum absolute atomic E-state index is 0.0635. The Morgan fingerprint density at radius 1 is 1.06 bits per heavy atom. The molecule has 0 spiro atoms. The SMILES string of the molecule is C=CCCNC(=O)Cn1c(Br)c(C(CC)CC)c2ccc(C(=O)NCCC=C)cc21.CC. The lowest BCUT2D eigenvalue weighted by molar-refractivity contribution is -0.121. The predicted molar refractivity (Wildman–Crippen MR) is 139 cm³/mol. The molecule has 0 aliphatic heterocycles. The molecule has 0 atom stereocenters. The summed E-state index contributed by atoms with van der Waals surface area (Å²) < 4.78 is 2.88. The second-order valence-corrected chi connectivity index (χ2v) is 8.05. The van der Waals surface area contributed by atoms with E-state index in [1.54, 1.807) is 12.2 Å². The highest BCUT2D eigenvalue weighted by atomic mass is 79.9. The first-order valence-electron chi connectivity index (χ1n) is 11.6. The highest BCUT2D eigenvalue weighted by Gasteiger charge is 2.23. The van der Waals surface area contributed by atoms with Crippen LogP contribution in [-0.4, -0.2) is 29.5 Å². The maximum absolute atomic E-state index is 12.6. The van der Waals surface area contributed by atoms with E-state index in [4.69, 9.17) is 0 Å². The van der Waals surface area contributed by atoms with Crippen molar-refractivity contribution in [3.8, 4) is 0 Å². The van der Waals surface area contributed by atoms with Crippen LogP contribution in [0.4, 0.5) is 0 Å². The van der Waals surface area contributed by atoms with Gasteiger partial charge < -0.3 is 15.2 Å². The molecule has 2 amide bonds. The Morgan fingerprint density at radius 2 is 1.66 bits per heavy atom. The number of hydrogen-bond acceptors (Lipinski definition) is 2. The van der Waals surface area contributed by atoms with Crippen molar-refractivity contribution in [1.29, 1.82) is 0 Å². The molecule has 1 aromatic carbocycles. The van der Waals surface area contributed by atoms with Crippen LogP contribution in [0.1, 0.15) is 75.2 Å². The zero-order valence-electron chi connectivity index (χ0n) is 20.0. The minimum atomic E-state index is -0.123. The van der Waals surface area contributed by atoms with Crippen LogP contribution in [0.3, 0.4) is 0 Å². The molecule has 0 fully saturated rings. The van der Waals surface area contributed by atoms with Crippen LogP contribution in [-0.2, 0) is 11.3 Å². The molecule has 0 saturated carbocycles. The lowest BCUT2D eigenvalue weighted by Gasteiger charge is -2.13. The minimum Gasteiger partial charge on any atom is -0.354 e. The molecule has 176 valence electrons. The molecule has 2 aromatic rings. The van der Waals surface area contributed by atoms with E-state index < -0.39 is 0 Å². The number of nitrogens with one attached hydrogen (secondary N) is 2. The monoisotopic (exact) mass is 503 g/mol. The number of benzene rings is 1. The molecule has 0 bridgehead atoms. The van der Waals surface area contributed by atoms with Gasteiger partial charge in [0.25, 0.3) is 5.91 Å². The Bertz CT molecular complexity index is 913. The van der Waals surface area contributed by atoms with Crippen LogP contribution >= 0.6 is 15.9 Å². The molecule has 0 radical (unpaired) electrons. The van der Waals surface area contributed by atoms with Gasteiger partial charge in [0, 0.05) is 24.0 Å². The molecule has 0 saturated heterocycles. The third kappa shape index (κ3) is 7.09. The molecule has 2 N–H and O–H groups in total. The summed E-state index contributed by atoms with van der Waals surface area (Å²) in [7, 11) is 0. The highest BCUT2D eigenvalue weighted by molar-refractivity contribution is 9.10. The maximum atomic E-state index is 12.6. The summed E-state index contributed by atoms with van der Waals surface area (Å²) in [6.45, 7) is 17.0. The smallest absolute Gasteiger partial charge is 0.251 e. The van der Waals surface area contributed by atoms with Gasteiger partial charge in [-0.05, 0) is 65.2 Å². The number of rotatable bonds is 12. The van der Waals surface area contributed by atoms with E-state index >= 15 is 0 Å². The number of fused-ring (bicyclic) bond motifs is 1. The molecule has 2 rings (SSSR count). The summed E-state index contributed by atoms with van der Waals surface area (Å²) >= 11 is 3.76. The Labute approximate surface area is 201 Å². The van der Waals surface area contributed by atoms with E-state index in [9.17, 15) is 9.59 Å². The summed E-state index contributed by atoms with van der Waals surface area (Å²) in [6, 6.07) is 5.74. The van der Waals surface area contributed by atoms with Crippen molar-refractivity contribution in [2.24, 2.45) is 0 Å². The van der Waals surface area contributed by atoms with Gasteiger partial charge in [0.15, 0.2) is 0 Å². The molecule has 5 nitrogen and oxygen atoms in total. The lowest BCUT2D eigenvalue weighted by atomic mass is 9.93. The molecule has 6 heteroatoms. The van der Waals surface area contributed by atoms with Crippen molar-refractivity contribution in [2.75, 3.05) is 13.1 Å². The van der Waals surface area contributed by atoms with Crippen LogP contribution in [0, 0.1) is 0 Å². The lowest BCUT2D eigenvalue weighted by Crippen LogP contribution is -2.28. The average molecular weight is 505 g/mol. The maximum Gasteiger partial charge on any atom is 0.251 e. The molecule has 32 heavy (non-hydrogen) atoms. The molecule has 1 heterocycles. The Morgan fingerprint density at radius 3 is 2.22 bits per heavy atom. The van der Waals surface area contributed by atoms with E-state index in [0.717, 1.165) is 41.2 Å². The first kappa shape index (κ1) is 27.7. The van der Waals surface area contributed by atoms with Crippen LogP contribution in [0.5, 0.6) is 0 Å². The number of nitrogens with zero attached hydrogens (tertiary/aromatic N) is 1. The first-order valence-corrected chi connectivity index (χ1v) is 12.4. The van der Waals surface area contributed by atoms with Crippen LogP contribution < -0.4 is 10.6 Å². The van der Waals surface area contributed by atoms with Gasteiger partial charge in [-0.3, -0.25) is 9.59 Å². The van der Waals surface area contributed by atoms with E-state index in [1.807, 2.05) is 36.6 Å². The van der Waals surface area contributed by atoms with Crippen LogP contribution in [0.15, 0.2) is 48.1 Å². The molecule has 0 aliphatic rings. The Balaban J connectivity index is 0.00000249. The number of aromatic nitrogens is 1. The molecule has 0 unspecified atom stereocenters. The van der Waals surface area contributed by atoms with Crippen molar-refractivity contribution in [3.05, 3.63) is 59.2 Å². The van der Waals surface area contributed by atoms with E-state index in [0.29, 0.717) is 24.6 Å². The first-order chi connectivity index (χ1) is 15.5. The number of amides is 2. The zero-order valence-corrected chi connectivity index (χ0v) is 21.6. The molecule has 1 aromatic heterocycles. The number of hydrogen-bond donors (Lipinski definition) is 2. The van der Waals surface area contributed by atoms with Gasteiger partial charge >= 0.3 is 0 Å². The predicted octanol–water partition coefficient (Wildman–Crippen LogP) is 6.33. The zero-order chi connectivity index (χ0) is 24.1. The summed E-state index contributed by atoms with van der Waals surface area (Å²) in [6.07, 6.45) is 7.02. The molecular formula is C26H38BrN3O2. The van der Waals surface area contributed by atoms with Crippen molar-refractivity contribution in [3.63, 3.8) is 0 Å². The van der Waals surface area contributed by atoms with E-state index in [2.05, 4.69) is 53.6 Å². The summed E-state index contributed by atoms with van der Waals surface area (Å²) in [5.74, 6) is 0.188. The Kier molecular flexibility index (Phi) is 12.7. The van der Waals surface area contributed by atoms with Crippen molar-refractivity contribution < 1.29 is 9.59 Å². The molecular weight excluding hydrogens is 466 g/mol. The topological polar surface area (TPSA) is 63.1 Å². The summed E-state index contributed by atoms with van der Waals surface area (Å²) in [4.78, 5) is 25.1. The fourth-order valence-corrected chi connectivity index (χ4v) is 4.48. The quantitative estimate of drug-likeness (QED) is 0.262. The average Bonchev–Trinajstić information content (AvgIpc) is 3.07. The van der Waals surface area contributed by atoms with Crippen molar-refractivity contribution in [2.45, 2.75) is 65.8 Å². The van der Waals surface area contributed by atoms with Crippen LogP contribution in [0.2, 0.25) is 0 Å². The second kappa shape index (κ2) is 14.7. The third-order valence-corrected chi connectivity index (χ3v) is 6.16. The fraction of sp³-hybridized carbons (Fsp3) is 0.462. The van der Waals surface area contributed by atoms with E-state index in [1.165, 1.54) is 5.56 Å². The van der Waals surface area contributed by atoms with Gasteiger partial charge in [-0.2, -0.15) is 0 Å². The van der Waals surface area contributed by atoms with Crippen molar-refractivity contribution in [1.82, 2.24) is 15.2 Å². The largest absolute Gasteiger partial charge is 0.354 e. The summed E-state index contributed by atoms with van der Waals surface area (Å²) in [5.41, 5.74) is 2.67. The van der Waals surface area contributed by atoms with Crippen LogP contribution in [0.25, 0.3) is 10.9 Å². The van der Waals surface area contributed by atoms with E-state index in [-0.39, 0.29) is 18.4 Å². The summed E-state index contributed by atoms with van der Waals surface area (Å²) in [5, 5.41) is 6.91. The van der Waals surface area contributed by atoms with Gasteiger partial charge in [0.1, 0.15) is 6.54 Å². The second-order valence-electron chi connectivity index (χ2n) is 7.30. The highest BCUT2D eigenvalue weighted by Crippen LogP contribution is 2.39. The fourth-order valence-electron chi connectivity index (χ4n) is 3.63. The van der Waals surface area contributed by atoms with Crippen molar-refractivity contribution >= 4 is 38.6 Å².